The zero-order valence-corrected chi connectivity index (χ0v) is 9.20. The van der Waals surface area contributed by atoms with Gasteiger partial charge in [0.2, 0.25) is 6.04 Å². The number of hydrogen-bond donors (Lipinski definition) is 1. The van der Waals surface area contributed by atoms with Gasteiger partial charge in [-0.05, 0) is 29.4 Å². The number of pyridine rings is 2. The Morgan fingerprint density at radius 3 is 2.78 bits per heavy atom. The van der Waals surface area contributed by atoms with Crippen LogP contribution in [-0.2, 0) is 4.94 Å². The van der Waals surface area contributed by atoms with E-state index in [4.69, 9.17) is 4.94 Å². The van der Waals surface area contributed by atoms with Crippen molar-refractivity contribution < 1.29 is 10.2 Å². The molecule has 2 aromatic rings. The molecule has 0 saturated carbocycles. The summed E-state index contributed by atoms with van der Waals surface area (Å²) in [5.41, 5.74) is 3.74. The minimum Gasteiger partial charge on any atom is -0.588 e. The summed E-state index contributed by atoms with van der Waals surface area (Å²) in [6.07, 6.45) is 3.40. The SMILES string of the molecule is [O-][NH+]1ON=C2c3cccnc3-c3ncccc3C21. The van der Waals surface area contributed by atoms with Crippen LogP contribution in [0.2, 0.25) is 0 Å². The second-order valence-electron chi connectivity index (χ2n) is 4.16. The lowest BCUT2D eigenvalue weighted by Gasteiger charge is -2.25. The molecule has 0 radical (unpaired) electrons. The molecule has 18 heavy (non-hydrogen) atoms. The lowest BCUT2D eigenvalue weighted by Crippen LogP contribution is -3.05. The van der Waals surface area contributed by atoms with E-state index in [2.05, 4.69) is 15.1 Å². The van der Waals surface area contributed by atoms with Gasteiger partial charge >= 0.3 is 0 Å². The zero-order chi connectivity index (χ0) is 12.1. The molecule has 0 aromatic carbocycles. The highest BCUT2D eigenvalue weighted by Gasteiger charge is 2.42. The van der Waals surface area contributed by atoms with Gasteiger partial charge in [-0.1, -0.05) is 0 Å². The lowest BCUT2D eigenvalue weighted by atomic mass is 9.87. The zero-order valence-electron chi connectivity index (χ0n) is 9.20. The largest absolute Gasteiger partial charge is 0.588 e. The maximum atomic E-state index is 11.8. The molecule has 6 heteroatoms. The van der Waals surface area contributed by atoms with Crippen molar-refractivity contribution in [3.63, 3.8) is 0 Å². The first-order chi connectivity index (χ1) is 8.86. The van der Waals surface area contributed by atoms with E-state index in [1.165, 1.54) is 0 Å². The smallest absolute Gasteiger partial charge is 0.202 e. The van der Waals surface area contributed by atoms with Crippen LogP contribution in [0.1, 0.15) is 17.2 Å². The van der Waals surface area contributed by atoms with Crippen molar-refractivity contribution in [2.75, 3.05) is 0 Å². The van der Waals surface area contributed by atoms with Crippen molar-refractivity contribution in [2.24, 2.45) is 5.16 Å². The number of fused-ring (bicyclic) bond motifs is 6. The Hall–Kier alpha value is -2.31. The Morgan fingerprint density at radius 1 is 1.11 bits per heavy atom. The second kappa shape index (κ2) is 3.34. The van der Waals surface area contributed by atoms with Gasteiger partial charge in [-0.25, -0.2) is 0 Å². The Kier molecular flexibility index (Phi) is 1.80. The second-order valence-corrected chi connectivity index (χ2v) is 4.16. The number of quaternary nitrogens is 1. The minimum absolute atomic E-state index is 0.353. The number of hydroxylamine groups is 2. The van der Waals surface area contributed by atoms with Gasteiger partial charge < -0.3 is 5.21 Å². The number of hydrogen-bond acceptors (Lipinski definition) is 5. The molecule has 3 heterocycles. The molecule has 6 nitrogen and oxygen atoms in total. The van der Waals surface area contributed by atoms with E-state index >= 15 is 0 Å². The molecular weight excluding hydrogens is 232 g/mol. The van der Waals surface area contributed by atoms with E-state index < -0.39 is 6.04 Å². The first-order valence-corrected chi connectivity index (χ1v) is 5.55. The molecule has 0 fully saturated rings. The number of nitrogens with zero attached hydrogens (tertiary/aromatic N) is 3. The summed E-state index contributed by atoms with van der Waals surface area (Å²) in [6, 6.07) is 6.90. The third-order valence-corrected chi connectivity index (χ3v) is 3.20. The van der Waals surface area contributed by atoms with E-state index in [1.807, 2.05) is 18.2 Å². The average Bonchev–Trinajstić information content (AvgIpc) is 2.82. The quantitative estimate of drug-likeness (QED) is 0.669. The molecule has 1 N–H and O–H groups in total. The Labute approximate surface area is 102 Å². The van der Waals surface area contributed by atoms with E-state index in [1.54, 1.807) is 18.5 Å². The highest BCUT2D eigenvalue weighted by Crippen LogP contribution is 2.35. The van der Waals surface area contributed by atoms with E-state index in [0.717, 1.165) is 22.5 Å². The molecule has 2 atom stereocenters. The van der Waals surface area contributed by atoms with Crippen LogP contribution >= 0.6 is 0 Å². The van der Waals surface area contributed by atoms with Crippen molar-refractivity contribution in [1.29, 1.82) is 0 Å². The maximum absolute atomic E-state index is 11.8. The predicted octanol–water partition coefficient (Wildman–Crippen LogP) is 0.230. The van der Waals surface area contributed by atoms with E-state index in [0.29, 0.717) is 5.71 Å². The first-order valence-electron chi connectivity index (χ1n) is 5.55. The molecule has 4 rings (SSSR count). The van der Waals surface area contributed by atoms with Crippen LogP contribution in [0.15, 0.2) is 41.8 Å². The van der Waals surface area contributed by atoms with Crippen LogP contribution in [0.4, 0.5) is 0 Å². The minimum atomic E-state index is -0.467. The summed E-state index contributed by atoms with van der Waals surface area (Å²) in [5, 5.41) is 15.3. The molecule has 2 aliphatic rings. The Morgan fingerprint density at radius 2 is 1.89 bits per heavy atom. The fraction of sp³-hybridized carbons (Fsp3) is 0.0833. The number of nitrogens with one attached hydrogen (secondary N) is 1. The molecule has 0 amide bonds. The van der Waals surface area contributed by atoms with Crippen molar-refractivity contribution >= 4 is 5.71 Å². The van der Waals surface area contributed by atoms with E-state index in [9.17, 15) is 5.21 Å². The molecule has 2 aromatic heterocycles. The molecule has 0 bridgehead atoms. The topological polar surface area (TPSA) is 74.9 Å². The highest BCUT2D eigenvalue weighted by molar-refractivity contribution is 6.11. The summed E-state index contributed by atoms with van der Waals surface area (Å²) in [7, 11) is 0. The fourth-order valence-corrected chi connectivity index (χ4v) is 2.44. The molecule has 1 aliphatic carbocycles. The molecule has 2 unspecified atom stereocenters. The van der Waals surface area contributed by atoms with Gasteiger partial charge in [0.15, 0.2) is 5.71 Å². The van der Waals surface area contributed by atoms with Gasteiger partial charge in [0.05, 0.1) is 11.4 Å². The summed E-state index contributed by atoms with van der Waals surface area (Å²) in [6.45, 7) is 0. The van der Waals surface area contributed by atoms with Crippen molar-refractivity contribution in [2.45, 2.75) is 6.04 Å². The summed E-state index contributed by atoms with van der Waals surface area (Å²) >= 11 is 0. The van der Waals surface area contributed by atoms with Gasteiger partial charge in [-0.15, -0.1) is 5.23 Å². The monoisotopic (exact) mass is 240 g/mol. The van der Waals surface area contributed by atoms with Crippen LogP contribution in [0, 0.1) is 5.21 Å². The van der Waals surface area contributed by atoms with Crippen molar-refractivity contribution in [3.8, 4) is 11.4 Å². The van der Waals surface area contributed by atoms with Crippen molar-refractivity contribution in [3.05, 3.63) is 53.0 Å². The lowest BCUT2D eigenvalue weighted by molar-refractivity contribution is -1.06. The molecule has 1 aliphatic heterocycles. The maximum Gasteiger partial charge on any atom is 0.202 e. The Balaban J connectivity index is 2.08. The number of oxime groups is 1. The van der Waals surface area contributed by atoms with Crippen LogP contribution in [-0.4, -0.2) is 15.7 Å². The van der Waals surface area contributed by atoms with Gasteiger partial charge in [-0.3, -0.25) is 9.97 Å². The van der Waals surface area contributed by atoms with Gasteiger partial charge in [0.1, 0.15) is 0 Å². The first kappa shape index (κ1) is 9.69. The van der Waals surface area contributed by atoms with Gasteiger partial charge in [-0.2, -0.15) is 4.94 Å². The van der Waals surface area contributed by atoms with Crippen LogP contribution < -0.4 is 5.23 Å². The molecular formula is C12H8N4O2. The van der Waals surface area contributed by atoms with Gasteiger partial charge in [0, 0.05) is 23.5 Å². The summed E-state index contributed by atoms with van der Waals surface area (Å²) < 4.78 is 0. The highest BCUT2D eigenvalue weighted by atomic mass is 17.0. The average molecular weight is 240 g/mol. The fourth-order valence-electron chi connectivity index (χ4n) is 2.44. The van der Waals surface area contributed by atoms with Crippen LogP contribution in [0.3, 0.4) is 0 Å². The summed E-state index contributed by atoms with van der Waals surface area (Å²) in [4.78, 5) is 13.5. The number of rotatable bonds is 0. The van der Waals surface area contributed by atoms with Gasteiger partial charge in [0.25, 0.3) is 0 Å². The third-order valence-electron chi connectivity index (χ3n) is 3.20. The molecule has 0 saturated heterocycles. The third kappa shape index (κ3) is 1.10. The number of aromatic nitrogens is 2. The van der Waals surface area contributed by atoms with Crippen molar-refractivity contribution in [1.82, 2.24) is 9.97 Å². The normalized spacial score (nSPS) is 23.5. The molecule has 0 spiro atoms. The Bertz CT molecular complexity index is 671. The predicted molar refractivity (Wildman–Crippen MR) is 62.2 cm³/mol. The van der Waals surface area contributed by atoms with E-state index in [-0.39, 0.29) is 5.23 Å². The standard InChI is InChI=1S/C12H8N4O2/c17-16-12-8-4-2-6-14-10(8)9-7(3-1-5-13-9)11(12)15-18-16/h1-6,12,16H. The van der Waals surface area contributed by atoms with Crippen LogP contribution in [0.5, 0.6) is 0 Å². The summed E-state index contributed by atoms with van der Waals surface area (Å²) in [5.74, 6) is 0. The molecule has 88 valence electrons. The van der Waals surface area contributed by atoms with Crippen LogP contribution in [0.25, 0.3) is 11.4 Å².